The monoisotopic (exact) mass is 427 g/mol. The van der Waals surface area contributed by atoms with E-state index in [1.165, 1.54) is 18.4 Å². The first-order valence-corrected chi connectivity index (χ1v) is 11.6. The third-order valence-corrected chi connectivity index (χ3v) is 6.71. The third kappa shape index (κ3) is 5.56. The Morgan fingerprint density at radius 1 is 1.27 bits per heavy atom. The van der Waals surface area contributed by atoms with E-state index in [9.17, 15) is 4.39 Å². The van der Waals surface area contributed by atoms with Crippen molar-refractivity contribution in [2.75, 3.05) is 33.2 Å². The van der Waals surface area contributed by atoms with Crippen molar-refractivity contribution in [2.45, 2.75) is 32.7 Å². The van der Waals surface area contributed by atoms with Crippen LogP contribution >= 0.6 is 11.3 Å². The number of likely N-dealkylation sites (tertiary alicyclic amines) is 1. The summed E-state index contributed by atoms with van der Waals surface area (Å²) < 4.78 is 19.0. The second-order valence-electron chi connectivity index (χ2n) is 8.38. The Hall–Kier alpha value is -2.02. The van der Waals surface area contributed by atoms with Crippen LogP contribution in [0.5, 0.6) is 0 Å². The lowest BCUT2D eigenvalue weighted by Crippen LogP contribution is -2.40. The molecule has 2 aromatic heterocycles. The van der Waals surface area contributed by atoms with Crippen molar-refractivity contribution >= 4 is 11.3 Å². The molecular weight excluding hydrogens is 397 g/mol. The molecule has 4 rings (SSSR count). The van der Waals surface area contributed by atoms with Gasteiger partial charge in [-0.1, -0.05) is 18.2 Å². The van der Waals surface area contributed by atoms with E-state index in [-0.39, 0.29) is 5.82 Å². The van der Waals surface area contributed by atoms with Gasteiger partial charge in [0.15, 0.2) is 0 Å². The second-order valence-corrected chi connectivity index (χ2v) is 9.33. The number of thiophene rings is 1. The quantitative estimate of drug-likeness (QED) is 0.492. The highest BCUT2D eigenvalue weighted by Gasteiger charge is 2.22. The fourth-order valence-electron chi connectivity index (χ4n) is 4.28. The van der Waals surface area contributed by atoms with Crippen LogP contribution < -0.4 is 0 Å². The van der Waals surface area contributed by atoms with Crippen LogP contribution in [0.25, 0.3) is 10.8 Å². The molecule has 0 bridgehead atoms. The lowest BCUT2D eigenvalue weighted by molar-refractivity contribution is 0.142. The minimum absolute atomic E-state index is 0.162. The summed E-state index contributed by atoms with van der Waals surface area (Å²) in [5.41, 5.74) is 2.24. The molecule has 6 heteroatoms. The first-order valence-electron chi connectivity index (χ1n) is 10.7. The van der Waals surface area contributed by atoms with Crippen molar-refractivity contribution < 1.29 is 8.81 Å². The van der Waals surface area contributed by atoms with E-state index < -0.39 is 0 Å². The Labute approximate surface area is 182 Å². The summed E-state index contributed by atoms with van der Waals surface area (Å²) in [4.78, 5) is 10.7. The number of benzene rings is 1. The van der Waals surface area contributed by atoms with E-state index in [0.29, 0.717) is 5.92 Å². The Kier molecular flexibility index (Phi) is 6.97. The maximum Gasteiger partial charge on any atom is 0.236 e. The molecular formula is C24H30FN3OS. The van der Waals surface area contributed by atoms with Gasteiger partial charge >= 0.3 is 0 Å². The molecule has 0 saturated carbocycles. The molecule has 0 aliphatic carbocycles. The van der Waals surface area contributed by atoms with Crippen LogP contribution in [0.1, 0.15) is 29.9 Å². The minimum atomic E-state index is -0.162. The molecule has 1 aliphatic heterocycles. The summed E-state index contributed by atoms with van der Waals surface area (Å²) in [6, 6.07) is 11.0. The molecule has 4 nitrogen and oxygen atoms in total. The summed E-state index contributed by atoms with van der Waals surface area (Å²) in [5.74, 6) is 2.15. The first-order chi connectivity index (χ1) is 14.6. The van der Waals surface area contributed by atoms with Crippen LogP contribution in [0, 0.1) is 18.7 Å². The van der Waals surface area contributed by atoms with Gasteiger partial charge in [0.25, 0.3) is 0 Å². The Bertz CT molecular complexity index is 923. The first kappa shape index (κ1) is 21.2. The standard InChI is InChI=1S/C24H30FN3OS/c1-18-22(26-24(29-18)23-6-4-14-30-23)17-27(2)15-20-5-3-12-28(16-20)13-11-19-7-9-21(25)10-8-19/h4,6-10,14,20H,3,5,11-13,15-17H2,1-2H3/t20-/m0/s1. The fourth-order valence-corrected chi connectivity index (χ4v) is 4.93. The van der Waals surface area contributed by atoms with E-state index in [2.05, 4.69) is 16.8 Å². The molecule has 160 valence electrons. The smallest absolute Gasteiger partial charge is 0.236 e. The largest absolute Gasteiger partial charge is 0.440 e. The molecule has 30 heavy (non-hydrogen) atoms. The van der Waals surface area contributed by atoms with Crippen LogP contribution in [0.15, 0.2) is 46.2 Å². The molecule has 1 aliphatic rings. The molecule has 0 amide bonds. The van der Waals surface area contributed by atoms with Crippen LogP contribution in [0.3, 0.4) is 0 Å². The van der Waals surface area contributed by atoms with Gasteiger partial charge in [-0.2, -0.15) is 0 Å². The van der Waals surface area contributed by atoms with Crippen molar-refractivity contribution in [1.29, 1.82) is 0 Å². The predicted octanol–water partition coefficient (Wildman–Crippen LogP) is 5.24. The van der Waals surface area contributed by atoms with E-state index >= 15 is 0 Å². The number of hydrogen-bond donors (Lipinski definition) is 0. The minimum Gasteiger partial charge on any atom is -0.440 e. The van der Waals surface area contributed by atoms with E-state index in [1.807, 2.05) is 36.6 Å². The second kappa shape index (κ2) is 9.86. The summed E-state index contributed by atoms with van der Waals surface area (Å²) >= 11 is 1.66. The van der Waals surface area contributed by atoms with Gasteiger partial charge < -0.3 is 14.2 Å². The number of rotatable bonds is 8. The fraction of sp³-hybridized carbons (Fsp3) is 0.458. The van der Waals surface area contributed by atoms with Gasteiger partial charge in [0.2, 0.25) is 5.89 Å². The van der Waals surface area contributed by atoms with Crippen molar-refractivity contribution in [3.05, 3.63) is 64.6 Å². The van der Waals surface area contributed by atoms with Gasteiger partial charge in [-0.3, -0.25) is 0 Å². The lowest BCUT2D eigenvalue weighted by atomic mass is 9.97. The predicted molar refractivity (Wildman–Crippen MR) is 120 cm³/mol. The average Bonchev–Trinajstić information content (AvgIpc) is 3.38. The number of halogens is 1. The Morgan fingerprint density at radius 3 is 2.87 bits per heavy atom. The highest BCUT2D eigenvalue weighted by molar-refractivity contribution is 7.13. The topological polar surface area (TPSA) is 32.5 Å². The zero-order valence-electron chi connectivity index (χ0n) is 17.8. The molecule has 0 spiro atoms. The van der Waals surface area contributed by atoms with Gasteiger partial charge in [-0.15, -0.1) is 11.3 Å². The maximum absolute atomic E-state index is 13.1. The molecule has 0 N–H and O–H groups in total. The molecule has 1 aromatic carbocycles. The molecule has 3 heterocycles. The Balaban J connectivity index is 1.27. The number of nitrogens with zero attached hydrogens (tertiary/aromatic N) is 3. The normalized spacial score (nSPS) is 17.7. The van der Waals surface area contributed by atoms with Crippen molar-refractivity contribution in [3.8, 4) is 10.8 Å². The van der Waals surface area contributed by atoms with E-state index in [0.717, 1.165) is 61.4 Å². The summed E-state index contributed by atoms with van der Waals surface area (Å²) in [6.45, 7) is 7.21. The van der Waals surface area contributed by atoms with Gasteiger partial charge in [0.1, 0.15) is 11.6 Å². The number of aromatic nitrogens is 1. The molecule has 1 fully saturated rings. The van der Waals surface area contributed by atoms with Gasteiger partial charge in [0.05, 0.1) is 10.6 Å². The molecule has 3 aromatic rings. The summed E-state index contributed by atoms with van der Waals surface area (Å²) in [5, 5.41) is 2.05. The third-order valence-electron chi connectivity index (χ3n) is 5.85. The SMILES string of the molecule is Cc1oc(-c2cccs2)nc1CN(C)C[C@@H]1CCCN(CCc2ccc(F)cc2)C1. The molecule has 0 unspecified atom stereocenters. The van der Waals surface area contributed by atoms with Crippen LogP contribution in [0.4, 0.5) is 4.39 Å². The molecule has 0 radical (unpaired) electrons. The van der Waals surface area contributed by atoms with E-state index in [1.54, 1.807) is 23.5 Å². The zero-order valence-corrected chi connectivity index (χ0v) is 18.6. The van der Waals surface area contributed by atoms with Crippen LogP contribution in [0.2, 0.25) is 0 Å². The number of oxazole rings is 1. The zero-order chi connectivity index (χ0) is 20.9. The van der Waals surface area contributed by atoms with Crippen LogP contribution in [-0.4, -0.2) is 48.0 Å². The molecule has 1 atom stereocenters. The van der Waals surface area contributed by atoms with Crippen molar-refractivity contribution in [1.82, 2.24) is 14.8 Å². The average molecular weight is 428 g/mol. The van der Waals surface area contributed by atoms with Crippen LogP contribution in [-0.2, 0) is 13.0 Å². The number of aryl methyl sites for hydroxylation is 1. The van der Waals surface area contributed by atoms with Gasteiger partial charge in [-0.25, -0.2) is 9.37 Å². The molecule has 1 saturated heterocycles. The number of hydrogen-bond acceptors (Lipinski definition) is 5. The maximum atomic E-state index is 13.1. The summed E-state index contributed by atoms with van der Waals surface area (Å²) in [7, 11) is 2.18. The summed E-state index contributed by atoms with van der Waals surface area (Å²) in [6.07, 6.45) is 3.50. The van der Waals surface area contributed by atoms with E-state index in [4.69, 9.17) is 9.40 Å². The lowest BCUT2D eigenvalue weighted by Gasteiger charge is -2.34. The van der Waals surface area contributed by atoms with Crippen molar-refractivity contribution in [3.63, 3.8) is 0 Å². The van der Waals surface area contributed by atoms with Gasteiger partial charge in [0, 0.05) is 26.2 Å². The highest BCUT2D eigenvalue weighted by atomic mass is 32.1. The van der Waals surface area contributed by atoms with Crippen molar-refractivity contribution in [2.24, 2.45) is 5.92 Å². The Morgan fingerprint density at radius 2 is 2.10 bits per heavy atom. The highest BCUT2D eigenvalue weighted by Crippen LogP contribution is 2.26. The van der Waals surface area contributed by atoms with Gasteiger partial charge in [-0.05, 0) is 74.8 Å². The number of piperidine rings is 1.